The first-order chi connectivity index (χ1) is 9.88. The summed E-state index contributed by atoms with van der Waals surface area (Å²) < 4.78 is 26.7. The quantitative estimate of drug-likeness (QED) is 0.814. The average molecular weight is 326 g/mol. The molecule has 2 rings (SSSR count). The minimum atomic E-state index is -3.82. The van der Waals surface area contributed by atoms with Gasteiger partial charge in [-0.1, -0.05) is 23.7 Å². The van der Waals surface area contributed by atoms with Crippen LogP contribution in [0.15, 0.2) is 47.5 Å². The van der Waals surface area contributed by atoms with Crippen LogP contribution in [-0.4, -0.2) is 19.3 Å². The first-order valence-electron chi connectivity index (χ1n) is 5.89. The molecule has 1 aromatic heterocycles. The van der Waals surface area contributed by atoms with Crippen LogP contribution in [0.1, 0.15) is 5.56 Å². The molecule has 0 aliphatic rings. The van der Waals surface area contributed by atoms with Crippen LogP contribution in [0.5, 0.6) is 0 Å². The second-order valence-corrected chi connectivity index (χ2v) is 6.25. The summed E-state index contributed by atoms with van der Waals surface area (Å²) in [6, 6.07) is 9.16. The molecular formula is C13H12ClN3O3S. The Hall–Kier alpha value is -2.12. The monoisotopic (exact) mass is 325 g/mol. The highest BCUT2D eigenvalue weighted by Crippen LogP contribution is 2.21. The zero-order valence-electron chi connectivity index (χ0n) is 10.8. The fraction of sp³-hybridized carbons (Fsp3) is 0.0769. The molecule has 0 spiro atoms. The smallest absolute Gasteiger partial charge is 0.264 e. The molecule has 6 nitrogen and oxygen atoms in total. The zero-order chi connectivity index (χ0) is 15.5. The lowest BCUT2D eigenvalue weighted by molar-refractivity contribution is -0.117. The second-order valence-electron chi connectivity index (χ2n) is 4.24. The Morgan fingerprint density at radius 3 is 2.48 bits per heavy atom. The van der Waals surface area contributed by atoms with E-state index in [9.17, 15) is 13.2 Å². The number of halogens is 1. The maximum atomic E-state index is 12.2. The number of hydrogen-bond acceptors (Lipinski definition) is 4. The Balaban J connectivity index is 2.21. The van der Waals surface area contributed by atoms with Crippen molar-refractivity contribution in [3.63, 3.8) is 0 Å². The summed E-state index contributed by atoms with van der Waals surface area (Å²) in [7, 11) is -3.82. The molecule has 8 heteroatoms. The molecule has 1 aromatic carbocycles. The van der Waals surface area contributed by atoms with E-state index in [-0.39, 0.29) is 16.5 Å². The number of nitrogens with one attached hydrogen (secondary N) is 1. The van der Waals surface area contributed by atoms with Crippen LogP contribution < -0.4 is 10.5 Å². The summed E-state index contributed by atoms with van der Waals surface area (Å²) in [5, 5.41) is -0.102. The lowest BCUT2D eigenvalue weighted by Crippen LogP contribution is -2.15. The number of amides is 1. The Bertz CT molecular complexity index is 760. The molecule has 1 amide bonds. The lowest BCUT2D eigenvalue weighted by atomic mass is 10.1. The summed E-state index contributed by atoms with van der Waals surface area (Å²) >= 11 is 5.78. The molecule has 0 saturated heterocycles. The Morgan fingerprint density at radius 2 is 1.90 bits per heavy atom. The van der Waals surface area contributed by atoms with Gasteiger partial charge in [0.05, 0.1) is 6.42 Å². The first-order valence-corrected chi connectivity index (χ1v) is 7.75. The lowest BCUT2D eigenvalue weighted by Gasteiger charge is -2.09. The van der Waals surface area contributed by atoms with Crippen molar-refractivity contribution in [3.8, 4) is 0 Å². The summed E-state index contributed by atoms with van der Waals surface area (Å²) in [6.07, 6.45) is 1.50. The molecular weight excluding hydrogens is 314 g/mol. The number of primary amides is 1. The number of carbonyl (C=O) groups is 1. The number of nitrogens with zero attached hydrogens (tertiary/aromatic N) is 1. The molecule has 1 heterocycles. The van der Waals surface area contributed by atoms with Gasteiger partial charge in [0.25, 0.3) is 10.0 Å². The number of anilines is 1. The molecule has 2 aromatic rings. The number of hydrogen-bond donors (Lipinski definition) is 2. The molecule has 0 atom stereocenters. The largest absolute Gasteiger partial charge is 0.369 e. The van der Waals surface area contributed by atoms with Crippen LogP contribution in [0.3, 0.4) is 0 Å². The van der Waals surface area contributed by atoms with Gasteiger partial charge in [-0.25, -0.2) is 13.4 Å². The molecule has 0 saturated carbocycles. The van der Waals surface area contributed by atoms with Crippen molar-refractivity contribution in [2.24, 2.45) is 5.73 Å². The number of aromatic nitrogens is 1. The number of benzene rings is 1. The molecule has 0 aliphatic carbocycles. The summed E-state index contributed by atoms with van der Waals surface area (Å²) in [5.41, 5.74) is 6.13. The maximum absolute atomic E-state index is 12.2. The van der Waals surface area contributed by atoms with Gasteiger partial charge in [0.2, 0.25) is 5.91 Å². The number of sulfonamides is 1. The van der Waals surface area contributed by atoms with Crippen LogP contribution in [0.4, 0.5) is 5.69 Å². The number of carbonyl (C=O) groups excluding carboxylic acids is 1. The molecule has 110 valence electrons. The van der Waals surface area contributed by atoms with Crippen molar-refractivity contribution in [1.29, 1.82) is 0 Å². The Morgan fingerprint density at radius 1 is 1.24 bits per heavy atom. The maximum Gasteiger partial charge on any atom is 0.264 e. The third-order valence-electron chi connectivity index (χ3n) is 2.60. The fourth-order valence-corrected chi connectivity index (χ4v) is 3.19. The molecule has 0 fully saturated rings. The summed E-state index contributed by atoms with van der Waals surface area (Å²) in [4.78, 5) is 14.4. The minimum Gasteiger partial charge on any atom is -0.369 e. The number of pyridine rings is 1. The second kappa shape index (κ2) is 6.11. The first kappa shape index (κ1) is 15.3. The van der Waals surface area contributed by atoms with E-state index in [2.05, 4.69) is 9.71 Å². The highest BCUT2D eigenvalue weighted by molar-refractivity contribution is 7.92. The van der Waals surface area contributed by atoms with Crippen LogP contribution in [0, 0.1) is 0 Å². The van der Waals surface area contributed by atoms with Crippen molar-refractivity contribution in [3.05, 3.63) is 53.3 Å². The van der Waals surface area contributed by atoms with Gasteiger partial charge in [0, 0.05) is 11.9 Å². The van der Waals surface area contributed by atoms with Crippen molar-refractivity contribution < 1.29 is 13.2 Å². The van der Waals surface area contributed by atoms with Gasteiger partial charge in [-0.3, -0.25) is 9.52 Å². The van der Waals surface area contributed by atoms with Crippen LogP contribution in [0.2, 0.25) is 5.15 Å². The Labute approximate surface area is 127 Å². The molecule has 3 N–H and O–H groups in total. The van der Waals surface area contributed by atoms with Gasteiger partial charge in [-0.2, -0.15) is 0 Å². The predicted octanol–water partition coefficient (Wildman–Crippen LogP) is 1.56. The van der Waals surface area contributed by atoms with Gasteiger partial charge in [-0.15, -0.1) is 0 Å². The van der Waals surface area contributed by atoms with E-state index in [1.54, 1.807) is 24.3 Å². The molecule has 0 aliphatic heterocycles. The van der Waals surface area contributed by atoms with Crippen molar-refractivity contribution in [2.45, 2.75) is 11.3 Å². The van der Waals surface area contributed by atoms with Gasteiger partial charge < -0.3 is 5.73 Å². The summed E-state index contributed by atoms with van der Waals surface area (Å²) in [6.45, 7) is 0. The molecule has 0 radical (unpaired) electrons. The van der Waals surface area contributed by atoms with Gasteiger partial charge in [-0.05, 0) is 29.8 Å². The van der Waals surface area contributed by atoms with Gasteiger partial charge >= 0.3 is 0 Å². The SMILES string of the molecule is NC(=O)Cc1ccc(NS(=O)(=O)c2cccnc2Cl)cc1. The molecule has 0 bridgehead atoms. The zero-order valence-corrected chi connectivity index (χ0v) is 12.4. The molecule has 0 unspecified atom stereocenters. The van der Waals surface area contributed by atoms with E-state index < -0.39 is 15.9 Å². The normalized spacial score (nSPS) is 11.1. The fourth-order valence-electron chi connectivity index (χ4n) is 1.67. The third kappa shape index (κ3) is 3.93. The topological polar surface area (TPSA) is 102 Å². The number of rotatable bonds is 5. The highest BCUT2D eigenvalue weighted by atomic mass is 35.5. The third-order valence-corrected chi connectivity index (χ3v) is 4.43. The van der Waals surface area contributed by atoms with E-state index in [1.165, 1.54) is 18.3 Å². The van der Waals surface area contributed by atoms with E-state index in [0.717, 1.165) is 0 Å². The standard InChI is InChI=1S/C13H12ClN3O3S/c14-13-11(2-1-7-16-13)21(19,20)17-10-5-3-9(4-6-10)8-12(15)18/h1-7,17H,8H2,(H2,15,18). The van der Waals surface area contributed by atoms with E-state index in [1.807, 2.05) is 0 Å². The average Bonchev–Trinajstić information content (AvgIpc) is 2.40. The van der Waals surface area contributed by atoms with Gasteiger partial charge in [0.1, 0.15) is 10.0 Å². The summed E-state index contributed by atoms with van der Waals surface area (Å²) in [5.74, 6) is -0.453. The van der Waals surface area contributed by atoms with Crippen LogP contribution >= 0.6 is 11.6 Å². The van der Waals surface area contributed by atoms with Crippen molar-refractivity contribution >= 4 is 33.2 Å². The van der Waals surface area contributed by atoms with Crippen LogP contribution in [0.25, 0.3) is 0 Å². The van der Waals surface area contributed by atoms with Gasteiger partial charge in [0.15, 0.2) is 0 Å². The number of nitrogens with two attached hydrogens (primary N) is 1. The van der Waals surface area contributed by atoms with E-state index in [0.29, 0.717) is 11.3 Å². The molecule has 21 heavy (non-hydrogen) atoms. The minimum absolute atomic E-state index is 0.0987. The van der Waals surface area contributed by atoms with Crippen LogP contribution in [-0.2, 0) is 21.2 Å². The Kier molecular flexibility index (Phi) is 4.44. The van der Waals surface area contributed by atoms with E-state index >= 15 is 0 Å². The predicted molar refractivity (Wildman–Crippen MR) is 79.4 cm³/mol. The van der Waals surface area contributed by atoms with E-state index in [4.69, 9.17) is 17.3 Å². The van der Waals surface area contributed by atoms with Crippen molar-refractivity contribution in [1.82, 2.24) is 4.98 Å². The highest BCUT2D eigenvalue weighted by Gasteiger charge is 2.18. The van der Waals surface area contributed by atoms with Crippen molar-refractivity contribution in [2.75, 3.05) is 4.72 Å².